The van der Waals surface area contributed by atoms with Gasteiger partial charge < -0.3 is 15.2 Å². The van der Waals surface area contributed by atoms with E-state index in [1.54, 1.807) is 47.6 Å². The van der Waals surface area contributed by atoms with Crippen LogP contribution in [0, 0.1) is 0 Å². The van der Waals surface area contributed by atoms with Crippen molar-refractivity contribution in [2.45, 2.75) is 19.4 Å². The summed E-state index contributed by atoms with van der Waals surface area (Å²) in [7, 11) is 0. The molecule has 0 fully saturated rings. The lowest BCUT2D eigenvalue weighted by Gasteiger charge is -2.15. The number of carbonyl (C=O) groups excluding carboxylic acids is 1. The molecule has 1 atom stereocenters. The van der Waals surface area contributed by atoms with Gasteiger partial charge in [-0.2, -0.15) is 0 Å². The molecule has 1 aromatic heterocycles. The summed E-state index contributed by atoms with van der Waals surface area (Å²) in [6, 6.07) is 11.3. The number of halogens is 1. The monoisotopic (exact) mass is 370 g/mol. The standard InChI is InChI=1S/C19H19FN4O3/c1-2-15(10-20)27-16-7-8-17(18(25)9-16)23-19(26)13-3-5-14(6-4-13)24-11-21-22-12-24/h3-9,11-12,15,25H,2,10H2,1H3,(H,23,26). The highest BCUT2D eigenvalue weighted by Gasteiger charge is 2.12. The molecule has 0 aliphatic rings. The lowest BCUT2D eigenvalue weighted by Crippen LogP contribution is -2.17. The molecule has 27 heavy (non-hydrogen) atoms. The van der Waals surface area contributed by atoms with E-state index >= 15 is 0 Å². The second kappa shape index (κ2) is 8.31. The van der Waals surface area contributed by atoms with Gasteiger partial charge in [0.2, 0.25) is 0 Å². The summed E-state index contributed by atoms with van der Waals surface area (Å²) in [5, 5.41) is 20.2. The second-order valence-electron chi connectivity index (χ2n) is 5.85. The van der Waals surface area contributed by atoms with Gasteiger partial charge in [-0.05, 0) is 42.8 Å². The number of ether oxygens (including phenoxy) is 1. The van der Waals surface area contributed by atoms with E-state index < -0.39 is 12.8 Å². The van der Waals surface area contributed by atoms with Gasteiger partial charge in [-0.25, -0.2) is 4.39 Å². The quantitative estimate of drug-likeness (QED) is 0.623. The summed E-state index contributed by atoms with van der Waals surface area (Å²) in [6.45, 7) is 1.20. The Kier molecular flexibility index (Phi) is 5.65. The number of aromatic nitrogens is 3. The van der Waals surface area contributed by atoms with Crippen LogP contribution in [-0.2, 0) is 0 Å². The molecule has 1 amide bonds. The number of benzene rings is 2. The van der Waals surface area contributed by atoms with Crippen LogP contribution in [0.4, 0.5) is 10.1 Å². The molecule has 1 heterocycles. The van der Waals surface area contributed by atoms with Crippen molar-refractivity contribution in [1.82, 2.24) is 14.8 Å². The Morgan fingerprint density at radius 3 is 2.52 bits per heavy atom. The fourth-order valence-electron chi connectivity index (χ4n) is 2.42. The van der Waals surface area contributed by atoms with Crippen molar-refractivity contribution in [3.05, 3.63) is 60.7 Å². The first kappa shape index (κ1) is 18.4. The van der Waals surface area contributed by atoms with E-state index in [4.69, 9.17) is 4.74 Å². The highest BCUT2D eigenvalue weighted by atomic mass is 19.1. The number of hydrogen-bond acceptors (Lipinski definition) is 5. The minimum Gasteiger partial charge on any atom is -0.506 e. The maximum absolute atomic E-state index is 12.7. The predicted octanol–water partition coefficient (Wildman–Crippen LogP) is 3.35. The van der Waals surface area contributed by atoms with Crippen molar-refractivity contribution < 1.29 is 19.0 Å². The summed E-state index contributed by atoms with van der Waals surface area (Å²) in [5.41, 5.74) is 1.48. The van der Waals surface area contributed by atoms with Crippen LogP contribution in [0.15, 0.2) is 55.1 Å². The number of rotatable bonds is 7. The van der Waals surface area contributed by atoms with Crippen LogP contribution in [-0.4, -0.2) is 38.6 Å². The number of carbonyl (C=O) groups is 1. The molecule has 7 nitrogen and oxygen atoms in total. The van der Waals surface area contributed by atoms with Crippen molar-refractivity contribution in [1.29, 1.82) is 0 Å². The Morgan fingerprint density at radius 1 is 1.22 bits per heavy atom. The van der Waals surface area contributed by atoms with Gasteiger partial charge in [-0.1, -0.05) is 6.92 Å². The average Bonchev–Trinajstić information content (AvgIpc) is 3.23. The van der Waals surface area contributed by atoms with E-state index in [0.717, 1.165) is 5.69 Å². The van der Waals surface area contributed by atoms with Crippen molar-refractivity contribution in [3.63, 3.8) is 0 Å². The fourth-order valence-corrected chi connectivity index (χ4v) is 2.42. The van der Waals surface area contributed by atoms with Gasteiger partial charge in [0.1, 0.15) is 36.9 Å². The van der Waals surface area contributed by atoms with Gasteiger partial charge >= 0.3 is 0 Å². The van der Waals surface area contributed by atoms with Crippen molar-refractivity contribution in [3.8, 4) is 17.2 Å². The van der Waals surface area contributed by atoms with E-state index in [1.165, 1.54) is 12.1 Å². The topological polar surface area (TPSA) is 89.3 Å². The van der Waals surface area contributed by atoms with Gasteiger partial charge in [0, 0.05) is 17.3 Å². The van der Waals surface area contributed by atoms with Crippen LogP contribution < -0.4 is 10.1 Å². The van der Waals surface area contributed by atoms with Gasteiger partial charge in [0.05, 0.1) is 5.69 Å². The third kappa shape index (κ3) is 4.41. The van der Waals surface area contributed by atoms with E-state index in [2.05, 4.69) is 15.5 Å². The number of anilines is 1. The van der Waals surface area contributed by atoms with Gasteiger partial charge in [0.15, 0.2) is 0 Å². The average molecular weight is 370 g/mol. The Morgan fingerprint density at radius 2 is 1.93 bits per heavy atom. The number of nitrogens with zero attached hydrogens (tertiary/aromatic N) is 3. The Labute approximate surface area is 155 Å². The molecule has 3 aromatic rings. The number of phenols is 1. The predicted molar refractivity (Wildman–Crippen MR) is 98.1 cm³/mol. The Hall–Kier alpha value is -3.42. The van der Waals surface area contributed by atoms with Crippen LogP contribution in [0.5, 0.6) is 11.5 Å². The molecular formula is C19H19FN4O3. The summed E-state index contributed by atoms with van der Waals surface area (Å²) in [4.78, 5) is 12.4. The Balaban J connectivity index is 1.68. The van der Waals surface area contributed by atoms with Crippen LogP contribution in [0.1, 0.15) is 23.7 Å². The molecule has 1 unspecified atom stereocenters. The van der Waals surface area contributed by atoms with Crippen molar-refractivity contribution in [2.24, 2.45) is 0 Å². The number of alkyl halides is 1. The number of nitrogens with one attached hydrogen (secondary N) is 1. The summed E-state index contributed by atoms with van der Waals surface area (Å²) < 4.78 is 19.9. The molecular weight excluding hydrogens is 351 g/mol. The second-order valence-corrected chi connectivity index (χ2v) is 5.85. The first-order chi connectivity index (χ1) is 13.1. The third-order valence-corrected chi connectivity index (χ3v) is 3.99. The fraction of sp³-hybridized carbons (Fsp3) is 0.211. The van der Waals surface area contributed by atoms with Crippen LogP contribution in [0.3, 0.4) is 0 Å². The molecule has 2 aromatic carbocycles. The molecule has 140 valence electrons. The number of hydrogen-bond donors (Lipinski definition) is 2. The van der Waals surface area contributed by atoms with E-state index in [-0.39, 0.29) is 17.3 Å². The van der Waals surface area contributed by atoms with Crippen LogP contribution in [0.2, 0.25) is 0 Å². The highest BCUT2D eigenvalue weighted by molar-refractivity contribution is 6.05. The maximum atomic E-state index is 12.7. The first-order valence-corrected chi connectivity index (χ1v) is 8.42. The zero-order valence-corrected chi connectivity index (χ0v) is 14.7. The minimum atomic E-state index is -0.610. The molecule has 0 radical (unpaired) electrons. The smallest absolute Gasteiger partial charge is 0.255 e. The minimum absolute atomic E-state index is 0.157. The van der Waals surface area contributed by atoms with Crippen molar-refractivity contribution in [2.75, 3.05) is 12.0 Å². The SMILES string of the molecule is CCC(CF)Oc1ccc(NC(=O)c2ccc(-n3cnnc3)cc2)c(O)c1. The molecule has 8 heteroatoms. The molecule has 2 N–H and O–H groups in total. The van der Waals surface area contributed by atoms with E-state index in [0.29, 0.717) is 17.7 Å². The summed E-state index contributed by atoms with van der Waals surface area (Å²) in [6.07, 6.45) is 3.07. The van der Waals surface area contributed by atoms with Gasteiger partial charge in [0.25, 0.3) is 5.91 Å². The summed E-state index contributed by atoms with van der Waals surface area (Å²) >= 11 is 0. The molecule has 0 bridgehead atoms. The largest absolute Gasteiger partial charge is 0.506 e. The zero-order valence-electron chi connectivity index (χ0n) is 14.7. The summed E-state index contributed by atoms with van der Waals surface area (Å²) in [5.74, 6) is -0.187. The molecule has 0 aliphatic carbocycles. The maximum Gasteiger partial charge on any atom is 0.255 e. The number of amides is 1. The highest BCUT2D eigenvalue weighted by Crippen LogP contribution is 2.29. The molecule has 0 saturated heterocycles. The van der Waals surface area contributed by atoms with Gasteiger partial charge in [-0.3, -0.25) is 9.36 Å². The zero-order chi connectivity index (χ0) is 19.2. The number of aromatic hydroxyl groups is 1. The Bertz CT molecular complexity index is 894. The van der Waals surface area contributed by atoms with Crippen LogP contribution in [0.25, 0.3) is 5.69 Å². The van der Waals surface area contributed by atoms with Crippen molar-refractivity contribution >= 4 is 11.6 Å². The van der Waals surface area contributed by atoms with E-state index in [9.17, 15) is 14.3 Å². The lowest BCUT2D eigenvalue weighted by atomic mass is 10.2. The molecule has 0 aliphatic heterocycles. The molecule has 3 rings (SSSR count). The van der Waals surface area contributed by atoms with Crippen LogP contribution >= 0.6 is 0 Å². The molecule has 0 spiro atoms. The lowest BCUT2D eigenvalue weighted by molar-refractivity contribution is 0.102. The van der Waals surface area contributed by atoms with Gasteiger partial charge in [-0.15, -0.1) is 10.2 Å². The third-order valence-electron chi connectivity index (χ3n) is 3.99. The van der Waals surface area contributed by atoms with E-state index in [1.807, 2.05) is 6.92 Å². The first-order valence-electron chi connectivity index (χ1n) is 8.42. The molecule has 0 saturated carbocycles. The number of phenolic OH excluding ortho intramolecular Hbond substituents is 1. The normalized spacial score (nSPS) is 11.8.